The van der Waals surface area contributed by atoms with Gasteiger partial charge in [-0.3, -0.25) is 19.3 Å². The molecule has 1 aliphatic heterocycles. The maximum absolute atomic E-state index is 13.5. The van der Waals surface area contributed by atoms with Gasteiger partial charge in [-0.05, 0) is 78.7 Å². The third-order valence-corrected chi connectivity index (χ3v) is 7.40. The van der Waals surface area contributed by atoms with Gasteiger partial charge in [0.15, 0.2) is 0 Å². The van der Waals surface area contributed by atoms with Crippen molar-refractivity contribution in [1.29, 1.82) is 0 Å². The standard InChI is InChI=1S/C29H23ClFN3O3S/c1-17-9-18(2)11-22(10-17)32-27(35)16-34-28(36)26(38-29(34)37)12-20-15-33(25-6-4-3-5-23(20)25)14-19-7-8-21(31)13-24(19)30/h3-13,15H,14,16H2,1-2H3,(H,32,35)/b26-12-. The number of para-hydroxylation sites is 1. The molecule has 1 N–H and O–H groups in total. The highest BCUT2D eigenvalue weighted by Gasteiger charge is 2.36. The van der Waals surface area contributed by atoms with Crippen LogP contribution in [0.3, 0.4) is 0 Å². The fourth-order valence-electron chi connectivity index (χ4n) is 4.52. The molecule has 3 amide bonds. The molecular formula is C29H23ClFN3O3S. The molecule has 0 atom stereocenters. The molecule has 6 nitrogen and oxygen atoms in total. The van der Waals surface area contributed by atoms with Gasteiger partial charge < -0.3 is 9.88 Å². The number of hydrogen-bond donors (Lipinski definition) is 1. The number of carbonyl (C=O) groups is 3. The van der Waals surface area contributed by atoms with Gasteiger partial charge in [0.05, 0.1) is 4.91 Å². The molecule has 0 saturated carbocycles. The predicted molar refractivity (Wildman–Crippen MR) is 150 cm³/mol. The maximum atomic E-state index is 13.5. The molecule has 38 heavy (non-hydrogen) atoms. The van der Waals surface area contributed by atoms with Crippen molar-refractivity contribution in [1.82, 2.24) is 9.47 Å². The molecule has 1 fully saturated rings. The van der Waals surface area contributed by atoms with Crippen LogP contribution in [0.5, 0.6) is 0 Å². The molecule has 5 rings (SSSR count). The number of hydrogen-bond acceptors (Lipinski definition) is 4. The topological polar surface area (TPSA) is 71.4 Å². The molecular weight excluding hydrogens is 525 g/mol. The molecule has 0 aliphatic carbocycles. The molecule has 0 spiro atoms. The van der Waals surface area contributed by atoms with E-state index in [1.807, 2.05) is 67.1 Å². The smallest absolute Gasteiger partial charge is 0.294 e. The Balaban J connectivity index is 1.38. The number of carbonyl (C=O) groups excluding carboxylic acids is 3. The molecule has 3 aromatic carbocycles. The minimum atomic E-state index is -0.519. The van der Waals surface area contributed by atoms with Crippen LogP contribution in [-0.4, -0.2) is 33.1 Å². The number of fused-ring (bicyclic) bond motifs is 1. The zero-order chi connectivity index (χ0) is 27.0. The number of imide groups is 1. The summed E-state index contributed by atoms with van der Waals surface area (Å²) in [5, 5.41) is 3.47. The number of nitrogens with one attached hydrogen (secondary N) is 1. The molecule has 4 aromatic rings. The van der Waals surface area contributed by atoms with Gasteiger partial charge >= 0.3 is 0 Å². The van der Waals surface area contributed by atoms with E-state index in [0.717, 1.165) is 49.8 Å². The van der Waals surface area contributed by atoms with Gasteiger partial charge in [0, 0.05) is 39.9 Å². The molecule has 1 aromatic heterocycles. The van der Waals surface area contributed by atoms with Crippen molar-refractivity contribution >= 4 is 63.1 Å². The van der Waals surface area contributed by atoms with Gasteiger partial charge in [-0.2, -0.15) is 0 Å². The minimum absolute atomic E-state index is 0.233. The second-order valence-corrected chi connectivity index (χ2v) is 10.6. The van der Waals surface area contributed by atoms with E-state index in [-0.39, 0.29) is 11.4 Å². The van der Waals surface area contributed by atoms with Gasteiger partial charge in [0.25, 0.3) is 11.1 Å². The SMILES string of the molecule is Cc1cc(C)cc(NC(=O)CN2C(=O)S/C(=C\c3cn(Cc4ccc(F)cc4Cl)c4ccccc34)C2=O)c1. The highest BCUT2D eigenvalue weighted by molar-refractivity contribution is 8.18. The summed E-state index contributed by atoms with van der Waals surface area (Å²) in [6, 6.07) is 17.6. The van der Waals surface area contributed by atoms with Crippen LogP contribution in [-0.2, 0) is 16.1 Å². The predicted octanol–water partition coefficient (Wildman–Crippen LogP) is 6.77. The second-order valence-electron chi connectivity index (χ2n) is 9.16. The lowest BCUT2D eigenvalue weighted by Gasteiger charge is -2.13. The van der Waals surface area contributed by atoms with Crippen molar-refractivity contribution in [3.8, 4) is 0 Å². The van der Waals surface area contributed by atoms with Crippen LogP contribution in [0.1, 0.15) is 22.3 Å². The monoisotopic (exact) mass is 547 g/mol. The van der Waals surface area contributed by atoms with Gasteiger partial charge in [-0.15, -0.1) is 0 Å². The molecule has 1 saturated heterocycles. The third kappa shape index (κ3) is 5.37. The van der Waals surface area contributed by atoms with Crippen molar-refractivity contribution < 1.29 is 18.8 Å². The molecule has 9 heteroatoms. The highest BCUT2D eigenvalue weighted by atomic mass is 35.5. The molecule has 0 unspecified atom stereocenters. The number of amides is 3. The third-order valence-electron chi connectivity index (χ3n) is 6.14. The van der Waals surface area contributed by atoms with E-state index in [2.05, 4.69) is 5.32 Å². The van der Waals surface area contributed by atoms with Crippen molar-refractivity contribution in [3.63, 3.8) is 0 Å². The Kier molecular flexibility index (Phi) is 7.10. The van der Waals surface area contributed by atoms with E-state index in [1.165, 1.54) is 12.1 Å². The lowest BCUT2D eigenvalue weighted by Crippen LogP contribution is -2.36. The number of nitrogens with zero attached hydrogens (tertiary/aromatic N) is 2. The maximum Gasteiger partial charge on any atom is 0.294 e. The summed E-state index contributed by atoms with van der Waals surface area (Å²) < 4.78 is 15.5. The first-order chi connectivity index (χ1) is 18.2. The quantitative estimate of drug-likeness (QED) is 0.270. The normalized spacial score (nSPS) is 14.6. The summed E-state index contributed by atoms with van der Waals surface area (Å²) in [5.74, 6) is -1.38. The Morgan fingerprint density at radius 3 is 2.53 bits per heavy atom. The van der Waals surface area contributed by atoms with E-state index < -0.39 is 22.9 Å². The van der Waals surface area contributed by atoms with E-state index in [4.69, 9.17) is 11.6 Å². The average Bonchev–Trinajstić information content (AvgIpc) is 3.32. The van der Waals surface area contributed by atoms with E-state index in [9.17, 15) is 18.8 Å². The number of aromatic nitrogens is 1. The molecule has 2 heterocycles. The zero-order valence-electron chi connectivity index (χ0n) is 20.6. The van der Waals surface area contributed by atoms with E-state index in [1.54, 1.807) is 12.1 Å². The van der Waals surface area contributed by atoms with Gasteiger partial charge in [0.1, 0.15) is 12.4 Å². The fourth-order valence-corrected chi connectivity index (χ4v) is 5.58. The van der Waals surface area contributed by atoms with Crippen LogP contribution in [0.2, 0.25) is 5.02 Å². The Bertz CT molecular complexity index is 1630. The first-order valence-corrected chi connectivity index (χ1v) is 13.0. The number of halogens is 2. The summed E-state index contributed by atoms with van der Waals surface area (Å²) in [4.78, 5) is 39.6. The summed E-state index contributed by atoms with van der Waals surface area (Å²) in [6.07, 6.45) is 3.53. The van der Waals surface area contributed by atoms with Crippen molar-refractivity contribution in [3.05, 3.63) is 105 Å². The van der Waals surface area contributed by atoms with E-state index >= 15 is 0 Å². The molecule has 0 bridgehead atoms. The Morgan fingerprint density at radius 1 is 1.05 bits per heavy atom. The number of rotatable bonds is 6. The Morgan fingerprint density at radius 2 is 1.79 bits per heavy atom. The van der Waals surface area contributed by atoms with Gasteiger partial charge in [-0.25, -0.2) is 4.39 Å². The zero-order valence-corrected chi connectivity index (χ0v) is 22.2. The first kappa shape index (κ1) is 25.8. The molecule has 1 aliphatic rings. The minimum Gasteiger partial charge on any atom is -0.342 e. The molecule has 0 radical (unpaired) electrons. The van der Waals surface area contributed by atoms with Gasteiger partial charge in [0.2, 0.25) is 5.91 Å². The van der Waals surface area contributed by atoms with Crippen LogP contribution in [0.15, 0.2) is 71.8 Å². The van der Waals surface area contributed by atoms with Crippen LogP contribution < -0.4 is 5.32 Å². The number of thioether (sulfide) groups is 1. The lowest BCUT2D eigenvalue weighted by atomic mass is 10.1. The summed E-state index contributed by atoms with van der Waals surface area (Å²) in [6.45, 7) is 3.87. The largest absolute Gasteiger partial charge is 0.342 e. The second kappa shape index (κ2) is 10.5. The van der Waals surface area contributed by atoms with Crippen LogP contribution in [0, 0.1) is 19.7 Å². The Hall–Kier alpha value is -3.88. The van der Waals surface area contributed by atoms with Crippen molar-refractivity contribution in [2.45, 2.75) is 20.4 Å². The Labute approximate surface area is 228 Å². The fraction of sp³-hybridized carbons (Fsp3) is 0.138. The van der Waals surface area contributed by atoms with Crippen LogP contribution in [0.25, 0.3) is 17.0 Å². The average molecular weight is 548 g/mol. The van der Waals surface area contributed by atoms with Crippen molar-refractivity contribution in [2.75, 3.05) is 11.9 Å². The van der Waals surface area contributed by atoms with E-state index in [0.29, 0.717) is 17.3 Å². The summed E-state index contributed by atoms with van der Waals surface area (Å²) >= 11 is 7.05. The summed E-state index contributed by atoms with van der Waals surface area (Å²) in [7, 11) is 0. The summed E-state index contributed by atoms with van der Waals surface area (Å²) in [5.41, 5.74) is 4.99. The van der Waals surface area contributed by atoms with Crippen LogP contribution >= 0.6 is 23.4 Å². The molecule has 192 valence electrons. The highest BCUT2D eigenvalue weighted by Crippen LogP contribution is 2.34. The number of aryl methyl sites for hydroxylation is 2. The van der Waals surface area contributed by atoms with Crippen molar-refractivity contribution in [2.24, 2.45) is 0 Å². The first-order valence-electron chi connectivity index (χ1n) is 11.8. The van der Waals surface area contributed by atoms with Gasteiger partial charge in [-0.1, -0.05) is 41.9 Å². The lowest BCUT2D eigenvalue weighted by molar-refractivity contribution is -0.127. The number of anilines is 1. The number of benzene rings is 3. The van der Waals surface area contributed by atoms with Crippen LogP contribution in [0.4, 0.5) is 14.9 Å².